The largest absolute Gasteiger partial charge is 0.271 e. The van der Waals surface area contributed by atoms with Gasteiger partial charge in [-0.3, -0.25) is 14.6 Å². The Hall–Kier alpha value is -3.02. The van der Waals surface area contributed by atoms with Gasteiger partial charge in [0.05, 0.1) is 12.2 Å². The molecule has 1 fully saturated rings. The van der Waals surface area contributed by atoms with Crippen molar-refractivity contribution in [2.75, 3.05) is 4.90 Å². The van der Waals surface area contributed by atoms with E-state index < -0.39 is 12.1 Å². The van der Waals surface area contributed by atoms with E-state index in [1.165, 1.54) is 4.90 Å². The van der Waals surface area contributed by atoms with E-state index in [2.05, 4.69) is 10.3 Å². The van der Waals surface area contributed by atoms with Crippen LogP contribution in [0.2, 0.25) is 0 Å². The first-order valence-electron chi connectivity index (χ1n) is 8.64. The summed E-state index contributed by atoms with van der Waals surface area (Å²) in [6.45, 7) is 6.43. The Morgan fingerprint density at radius 3 is 2.50 bits per heavy atom. The average Bonchev–Trinajstić information content (AvgIpc) is 3.11. The van der Waals surface area contributed by atoms with Crippen molar-refractivity contribution in [2.24, 2.45) is 10.3 Å². The van der Waals surface area contributed by atoms with E-state index in [0.29, 0.717) is 12.2 Å². The number of hydrogen-bond acceptors (Lipinski definition) is 5. The standard InChI is InChI=1S/C20H20N4O2/c1-12-5-4-6-15(9-12)11-23-18-17(21-22-23)19(25)24(20(18)26)16-8-7-13(2)14(3)10-16/h4-10,17-18H,11H2,1-3H3/t17-,18+/m0/s1. The Morgan fingerprint density at radius 1 is 0.962 bits per heavy atom. The van der Waals surface area contributed by atoms with Crippen LogP contribution in [0.4, 0.5) is 5.69 Å². The molecule has 26 heavy (non-hydrogen) atoms. The molecule has 0 aromatic heterocycles. The van der Waals surface area contributed by atoms with Crippen LogP contribution in [-0.4, -0.2) is 28.9 Å². The van der Waals surface area contributed by atoms with E-state index in [9.17, 15) is 9.59 Å². The van der Waals surface area contributed by atoms with Crippen LogP contribution < -0.4 is 4.90 Å². The Bertz CT molecular complexity index is 937. The molecular weight excluding hydrogens is 328 g/mol. The van der Waals surface area contributed by atoms with E-state index in [1.54, 1.807) is 11.1 Å². The van der Waals surface area contributed by atoms with Crippen molar-refractivity contribution in [1.82, 2.24) is 5.01 Å². The van der Waals surface area contributed by atoms with Crippen LogP contribution in [0.15, 0.2) is 52.8 Å². The Kier molecular flexibility index (Phi) is 3.83. The van der Waals surface area contributed by atoms with Gasteiger partial charge in [0.25, 0.3) is 11.8 Å². The van der Waals surface area contributed by atoms with E-state index in [4.69, 9.17) is 0 Å². The molecule has 1 saturated heterocycles. The maximum absolute atomic E-state index is 13.0. The number of carbonyl (C=O) groups is 2. The van der Waals surface area contributed by atoms with Crippen LogP contribution in [0.25, 0.3) is 0 Å². The van der Waals surface area contributed by atoms with Crippen molar-refractivity contribution in [3.63, 3.8) is 0 Å². The first-order chi connectivity index (χ1) is 12.5. The lowest BCUT2D eigenvalue weighted by Gasteiger charge is -2.21. The molecule has 2 heterocycles. The van der Waals surface area contributed by atoms with Gasteiger partial charge in [0.15, 0.2) is 12.1 Å². The summed E-state index contributed by atoms with van der Waals surface area (Å²) in [4.78, 5) is 27.0. The van der Waals surface area contributed by atoms with E-state index >= 15 is 0 Å². The molecule has 0 N–H and O–H groups in total. The summed E-state index contributed by atoms with van der Waals surface area (Å²) >= 11 is 0. The Morgan fingerprint density at radius 2 is 1.77 bits per heavy atom. The predicted molar refractivity (Wildman–Crippen MR) is 97.6 cm³/mol. The maximum atomic E-state index is 13.0. The molecular formula is C20H20N4O2. The summed E-state index contributed by atoms with van der Waals surface area (Å²) < 4.78 is 0. The minimum Gasteiger partial charge on any atom is -0.271 e. The lowest BCUT2D eigenvalue weighted by molar-refractivity contribution is -0.123. The number of aryl methyl sites for hydroxylation is 3. The summed E-state index contributed by atoms with van der Waals surface area (Å²) in [5.41, 5.74) is 4.94. The number of carbonyl (C=O) groups excluding carboxylic acids is 2. The third-order valence-electron chi connectivity index (χ3n) is 5.03. The highest BCUT2D eigenvalue weighted by atomic mass is 16.2. The monoisotopic (exact) mass is 348 g/mol. The Labute approximate surface area is 152 Å². The highest BCUT2D eigenvalue weighted by Gasteiger charge is 2.54. The average molecular weight is 348 g/mol. The summed E-state index contributed by atoms with van der Waals surface area (Å²) in [5.74, 6) is -0.570. The van der Waals surface area contributed by atoms with Crippen molar-refractivity contribution in [3.05, 3.63) is 64.7 Å². The topological polar surface area (TPSA) is 65.3 Å². The van der Waals surface area contributed by atoms with Crippen LogP contribution in [-0.2, 0) is 16.1 Å². The molecule has 2 aliphatic heterocycles. The number of rotatable bonds is 3. The lowest BCUT2D eigenvalue weighted by atomic mass is 10.1. The molecule has 2 atom stereocenters. The van der Waals surface area contributed by atoms with Gasteiger partial charge in [-0.1, -0.05) is 41.1 Å². The van der Waals surface area contributed by atoms with E-state index in [1.807, 2.05) is 57.2 Å². The fourth-order valence-corrected chi connectivity index (χ4v) is 3.47. The zero-order valence-electron chi connectivity index (χ0n) is 15.0. The number of anilines is 1. The zero-order valence-corrected chi connectivity index (χ0v) is 15.0. The molecule has 0 saturated carbocycles. The number of nitrogens with zero attached hydrogens (tertiary/aromatic N) is 4. The number of fused-ring (bicyclic) bond motifs is 1. The maximum Gasteiger partial charge on any atom is 0.263 e. The van der Waals surface area contributed by atoms with Gasteiger partial charge in [-0.2, -0.15) is 5.11 Å². The second-order valence-electron chi connectivity index (χ2n) is 6.96. The molecule has 132 valence electrons. The highest BCUT2D eigenvalue weighted by Crippen LogP contribution is 2.33. The number of benzene rings is 2. The number of hydrogen-bond donors (Lipinski definition) is 0. The molecule has 0 bridgehead atoms. The Balaban J connectivity index is 1.62. The smallest absolute Gasteiger partial charge is 0.263 e. The quantitative estimate of drug-likeness (QED) is 0.801. The van der Waals surface area contributed by atoms with Crippen LogP contribution in [0.1, 0.15) is 22.3 Å². The van der Waals surface area contributed by atoms with Crippen LogP contribution in [0, 0.1) is 20.8 Å². The van der Waals surface area contributed by atoms with Gasteiger partial charge in [0.1, 0.15) is 0 Å². The van der Waals surface area contributed by atoms with Gasteiger partial charge in [-0.05, 0) is 49.6 Å². The van der Waals surface area contributed by atoms with Gasteiger partial charge in [0.2, 0.25) is 0 Å². The molecule has 6 nitrogen and oxygen atoms in total. The van der Waals surface area contributed by atoms with Gasteiger partial charge >= 0.3 is 0 Å². The molecule has 2 aromatic carbocycles. The number of imide groups is 1. The summed E-state index contributed by atoms with van der Waals surface area (Å²) in [6.07, 6.45) is 0. The molecule has 2 aliphatic rings. The summed E-state index contributed by atoms with van der Waals surface area (Å²) in [7, 11) is 0. The van der Waals surface area contributed by atoms with Crippen molar-refractivity contribution < 1.29 is 9.59 Å². The summed E-state index contributed by atoms with van der Waals surface area (Å²) in [5, 5.41) is 9.81. The van der Waals surface area contributed by atoms with Gasteiger partial charge in [-0.15, -0.1) is 0 Å². The van der Waals surface area contributed by atoms with Crippen molar-refractivity contribution in [3.8, 4) is 0 Å². The van der Waals surface area contributed by atoms with Crippen LogP contribution in [0.3, 0.4) is 0 Å². The normalized spacial score (nSPS) is 21.7. The SMILES string of the molecule is Cc1cccc(CN2N=N[C@@H]3C(=O)N(c4ccc(C)c(C)c4)C(=O)[C@@H]32)c1. The minimum atomic E-state index is -0.756. The van der Waals surface area contributed by atoms with Gasteiger partial charge < -0.3 is 0 Å². The van der Waals surface area contributed by atoms with Gasteiger partial charge in [-0.25, -0.2) is 4.90 Å². The van der Waals surface area contributed by atoms with Gasteiger partial charge in [0, 0.05) is 0 Å². The van der Waals surface area contributed by atoms with E-state index in [-0.39, 0.29) is 11.8 Å². The van der Waals surface area contributed by atoms with Crippen molar-refractivity contribution in [2.45, 2.75) is 39.4 Å². The first-order valence-corrected chi connectivity index (χ1v) is 8.64. The zero-order chi connectivity index (χ0) is 18.4. The number of amides is 2. The highest BCUT2D eigenvalue weighted by molar-refractivity contribution is 6.25. The third-order valence-corrected chi connectivity index (χ3v) is 5.03. The molecule has 0 aliphatic carbocycles. The molecule has 2 amide bonds. The third kappa shape index (κ3) is 2.58. The molecule has 0 spiro atoms. The molecule has 2 aromatic rings. The summed E-state index contributed by atoms with van der Waals surface area (Å²) in [6, 6.07) is 12.2. The molecule has 6 heteroatoms. The second-order valence-corrected chi connectivity index (χ2v) is 6.96. The van der Waals surface area contributed by atoms with Crippen molar-refractivity contribution >= 4 is 17.5 Å². The lowest BCUT2D eigenvalue weighted by Crippen LogP contribution is -2.39. The fraction of sp³-hybridized carbons (Fsp3) is 0.300. The van der Waals surface area contributed by atoms with Crippen molar-refractivity contribution in [1.29, 1.82) is 0 Å². The molecule has 0 unspecified atom stereocenters. The van der Waals surface area contributed by atoms with E-state index in [0.717, 1.165) is 22.3 Å². The van der Waals surface area contributed by atoms with Crippen LogP contribution >= 0.6 is 0 Å². The minimum absolute atomic E-state index is 0.263. The molecule has 4 rings (SSSR count). The molecule has 0 radical (unpaired) electrons. The predicted octanol–water partition coefficient (Wildman–Crippen LogP) is 3.11. The fourth-order valence-electron chi connectivity index (χ4n) is 3.47. The first kappa shape index (κ1) is 16.4. The second kappa shape index (κ2) is 6.05. The van der Waals surface area contributed by atoms with Crippen LogP contribution in [0.5, 0.6) is 0 Å².